The number of nitro groups is 1. The van der Waals surface area contributed by atoms with E-state index in [4.69, 9.17) is 16.3 Å². The summed E-state index contributed by atoms with van der Waals surface area (Å²) >= 11 is 9.26. The number of halogens is 2. The van der Waals surface area contributed by atoms with Gasteiger partial charge in [0.1, 0.15) is 0 Å². The summed E-state index contributed by atoms with van der Waals surface area (Å²) < 4.78 is 5.49. The molecule has 0 radical (unpaired) electrons. The number of unbranched alkanes of at least 4 members (excludes halogenated alkanes) is 6. The van der Waals surface area contributed by atoms with E-state index in [0.29, 0.717) is 11.6 Å². The van der Waals surface area contributed by atoms with E-state index in [0.717, 1.165) is 18.2 Å². The molecule has 0 aromatic heterocycles. The molecule has 0 saturated carbocycles. The zero-order valence-corrected chi connectivity index (χ0v) is 14.4. The molecule has 0 spiro atoms. The molecule has 0 aliphatic rings. The van der Waals surface area contributed by atoms with Gasteiger partial charge in [-0.05, 0) is 18.9 Å². The lowest BCUT2D eigenvalue weighted by molar-refractivity contribution is -0.385. The molecule has 0 fully saturated rings. The molecule has 0 amide bonds. The summed E-state index contributed by atoms with van der Waals surface area (Å²) in [5, 5.41) is 12.4. The van der Waals surface area contributed by atoms with Gasteiger partial charge in [-0.15, -0.1) is 0 Å². The number of nitro benzene ring substituents is 1. The van der Waals surface area contributed by atoms with Gasteiger partial charge in [0.05, 0.1) is 11.5 Å². The van der Waals surface area contributed by atoms with E-state index < -0.39 is 4.92 Å². The maximum atomic E-state index is 10.9. The Morgan fingerprint density at radius 2 is 1.71 bits per heavy atom. The standard InChI is InChI=1S/C15H21BrClNO3/c16-10-6-4-2-1-3-5-7-11-21-15-12-13(17)8-9-14(15)18(19)20/h8-9,12H,1-7,10-11H2. The highest BCUT2D eigenvalue weighted by molar-refractivity contribution is 9.09. The van der Waals surface area contributed by atoms with Crippen molar-refractivity contribution in [2.24, 2.45) is 0 Å². The molecule has 0 aliphatic carbocycles. The Labute approximate surface area is 139 Å². The number of benzene rings is 1. The van der Waals surface area contributed by atoms with Gasteiger partial charge in [-0.2, -0.15) is 0 Å². The van der Waals surface area contributed by atoms with Crippen LogP contribution in [-0.4, -0.2) is 16.9 Å². The lowest BCUT2D eigenvalue weighted by Crippen LogP contribution is -2.00. The van der Waals surface area contributed by atoms with Gasteiger partial charge in [0.25, 0.3) is 0 Å². The maximum absolute atomic E-state index is 10.9. The molecule has 6 heteroatoms. The van der Waals surface area contributed by atoms with Gasteiger partial charge in [0.15, 0.2) is 5.75 Å². The van der Waals surface area contributed by atoms with Crippen molar-refractivity contribution in [2.75, 3.05) is 11.9 Å². The highest BCUT2D eigenvalue weighted by atomic mass is 79.9. The van der Waals surface area contributed by atoms with Crippen LogP contribution in [0, 0.1) is 10.1 Å². The first-order chi connectivity index (χ1) is 10.1. The summed E-state index contributed by atoms with van der Waals surface area (Å²) in [6.07, 6.45) is 8.20. The third-order valence-corrected chi connectivity index (χ3v) is 3.95. The summed E-state index contributed by atoms with van der Waals surface area (Å²) in [7, 11) is 0. The van der Waals surface area contributed by atoms with Crippen LogP contribution in [0.5, 0.6) is 5.75 Å². The Balaban J connectivity index is 2.21. The Kier molecular flexibility index (Phi) is 9.42. The van der Waals surface area contributed by atoms with Crippen molar-refractivity contribution >= 4 is 33.2 Å². The Morgan fingerprint density at radius 1 is 1.10 bits per heavy atom. The van der Waals surface area contributed by atoms with Crippen LogP contribution in [0.3, 0.4) is 0 Å². The second kappa shape index (κ2) is 10.9. The van der Waals surface area contributed by atoms with Crippen LogP contribution in [0.2, 0.25) is 5.02 Å². The van der Waals surface area contributed by atoms with Gasteiger partial charge in [-0.25, -0.2) is 0 Å². The molecule has 0 heterocycles. The molecule has 118 valence electrons. The number of hydrogen-bond acceptors (Lipinski definition) is 3. The maximum Gasteiger partial charge on any atom is 0.311 e. The second-order valence-electron chi connectivity index (χ2n) is 4.88. The number of ether oxygens (including phenoxy) is 1. The summed E-state index contributed by atoms with van der Waals surface area (Å²) in [6.45, 7) is 0.489. The average molecular weight is 379 g/mol. The topological polar surface area (TPSA) is 52.4 Å². The lowest BCUT2D eigenvalue weighted by Gasteiger charge is -2.07. The van der Waals surface area contributed by atoms with Crippen LogP contribution in [0.4, 0.5) is 5.69 Å². The van der Waals surface area contributed by atoms with E-state index in [-0.39, 0.29) is 11.4 Å². The fraction of sp³-hybridized carbons (Fsp3) is 0.600. The van der Waals surface area contributed by atoms with Crippen molar-refractivity contribution in [3.63, 3.8) is 0 Å². The fourth-order valence-corrected chi connectivity index (χ4v) is 2.58. The minimum absolute atomic E-state index is 0.0332. The molecule has 4 nitrogen and oxygen atoms in total. The van der Waals surface area contributed by atoms with E-state index in [1.807, 2.05) is 0 Å². The molecule has 0 atom stereocenters. The second-order valence-corrected chi connectivity index (χ2v) is 6.11. The third kappa shape index (κ3) is 7.67. The zero-order chi connectivity index (χ0) is 15.5. The molecule has 0 bridgehead atoms. The van der Waals surface area contributed by atoms with Crippen molar-refractivity contribution in [3.8, 4) is 5.75 Å². The molecule has 1 aromatic carbocycles. The minimum Gasteiger partial charge on any atom is -0.487 e. The minimum atomic E-state index is -0.449. The van der Waals surface area contributed by atoms with Gasteiger partial charge in [-0.1, -0.05) is 59.6 Å². The molecule has 0 aliphatic heterocycles. The summed E-state index contributed by atoms with van der Waals surface area (Å²) in [6, 6.07) is 4.38. The van der Waals surface area contributed by atoms with Crippen molar-refractivity contribution in [2.45, 2.75) is 44.9 Å². The van der Waals surface area contributed by atoms with Crippen molar-refractivity contribution in [1.82, 2.24) is 0 Å². The number of alkyl halides is 1. The zero-order valence-electron chi connectivity index (χ0n) is 12.0. The van der Waals surface area contributed by atoms with Gasteiger partial charge in [0, 0.05) is 22.5 Å². The van der Waals surface area contributed by atoms with Crippen molar-refractivity contribution in [3.05, 3.63) is 33.3 Å². The monoisotopic (exact) mass is 377 g/mol. The predicted octanol–water partition coefficient (Wildman–Crippen LogP) is 5.75. The number of nitrogens with zero attached hydrogens (tertiary/aromatic N) is 1. The lowest BCUT2D eigenvalue weighted by atomic mass is 10.1. The van der Waals surface area contributed by atoms with Gasteiger partial charge in [-0.3, -0.25) is 10.1 Å². The molecule has 1 rings (SSSR count). The van der Waals surface area contributed by atoms with Crippen molar-refractivity contribution in [1.29, 1.82) is 0 Å². The van der Waals surface area contributed by atoms with Crippen LogP contribution in [0.25, 0.3) is 0 Å². The van der Waals surface area contributed by atoms with Crippen LogP contribution in [-0.2, 0) is 0 Å². The normalized spacial score (nSPS) is 10.6. The molecular formula is C15H21BrClNO3. The molecule has 1 aromatic rings. The summed E-state index contributed by atoms with van der Waals surface area (Å²) in [5.74, 6) is 0.254. The summed E-state index contributed by atoms with van der Waals surface area (Å²) in [5.41, 5.74) is -0.0332. The van der Waals surface area contributed by atoms with E-state index in [1.165, 1.54) is 50.3 Å². The SMILES string of the molecule is O=[N+]([O-])c1ccc(Cl)cc1OCCCCCCCCCBr. The first-order valence-electron chi connectivity index (χ1n) is 7.28. The highest BCUT2D eigenvalue weighted by Gasteiger charge is 2.14. The van der Waals surface area contributed by atoms with Crippen LogP contribution >= 0.6 is 27.5 Å². The van der Waals surface area contributed by atoms with E-state index >= 15 is 0 Å². The molecule has 0 unspecified atom stereocenters. The highest BCUT2D eigenvalue weighted by Crippen LogP contribution is 2.30. The molecule has 21 heavy (non-hydrogen) atoms. The third-order valence-electron chi connectivity index (χ3n) is 3.15. The Bertz CT molecular complexity index is 443. The quantitative estimate of drug-likeness (QED) is 0.213. The molecule has 0 N–H and O–H groups in total. The van der Waals surface area contributed by atoms with E-state index in [9.17, 15) is 10.1 Å². The Morgan fingerprint density at radius 3 is 2.33 bits per heavy atom. The molecule has 0 saturated heterocycles. The Hall–Kier alpha value is -0.810. The van der Waals surface area contributed by atoms with E-state index in [2.05, 4.69) is 15.9 Å². The van der Waals surface area contributed by atoms with Gasteiger partial charge in [0.2, 0.25) is 0 Å². The van der Waals surface area contributed by atoms with Crippen molar-refractivity contribution < 1.29 is 9.66 Å². The van der Waals surface area contributed by atoms with E-state index in [1.54, 1.807) is 0 Å². The first-order valence-corrected chi connectivity index (χ1v) is 8.78. The average Bonchev–Trinajstić information content (AvgIpc) is 2.45. The van der Waals surface area contributed by atoms with Crippen LogP contribution < -0.4 is 4.74 Å². The van der Waals surface area contributed by atoms with Crippen LogP contribution in [0.15, 0.2) is 18.2 Å². The van der Waals surface area contributed by atoms with Gasteiger partial charge >= 0.3 is 5.69 Å². The first kappa shape index (κ1) is 18.2. The fourth-order valence-electron chi connectivity index (χ4n) is 2.02. The van der Waals surface area contributed by atoms with Crippen LogP contribution in [0.1, 0.15) is 44.9 Å². The smallest absolute Gasteiger partial charge is 0.311 e. The largest absolute Gasteiger partial charge is 0.487 e. The predicted molar refractivity (Wildman–Crippen MR) is 89.7 cm³/mol. The number of rotatable bonds is 11. The van der Waals surface area contributed by atoms with Gasteiger partial charge < -0.3 is 4.74 Å². The molecular weight excluding hydrogens is 358 g/mol. The number of hydrogen-bond donors (Lipinski definition) is 0. The summed E-state index contributed by atoms with van der Waals surface area (Å²) in [4.78, 5) is 10.4.